The number of aromatic nitrogens is 5. The zero-order valence-electron chi connectivity index (χ0n) is 21.1. The maximum atomic E-state index is 13.7. The molecule has 38 heavy (non-hydrogen) atoms. The van der Waals surface area contributed by atoms with Gasteiger partial charge in [0.1, 0.15) is 36.0 Å². The number of nitrogens with two attached hydrogens (primary N) is 2. The van der Waals surface area contributed by atoms with Gasteiger partial charge in [-0.15, -0.1) is 0 Å². The lowest BCUT2D eigenvalue weighted by Gasteiger charge is -2.30. The van der Waals surface area contributed by atoms with Crippen LogP contribution in [-0.4, -0.2) is 37.8 Å². The van der Waals surface area contributed by atoms with E-state index in [1.54, 1.807) is 10.7 Å². The van der Waals surface area contributed by atoms with Crippen molar-refractivity contribution >= 4 is 40.0 Å². The van der Waals surface area contributed by atoms with Crippen LogP contribution >= 0.6 is 0 Å². The summed E-state index contributed by atoms with van der Waals surface area (Å²) in [6.07, 6.45) is 4.51. The summed E-state index contributed by atoms with van der Waals surface area (Å²) in [5.74, 6) is 0.840. The molecule has 3 aromatic heterocycles. The van der Waals surface area contributed by atoms with Gasteiger partial charge in [-0.3, -0.25) is 15.5 Å². The molecule has 0 atom stereocenters. The topological polar surface area (TPSA) is 139 Å². The van der Waals surface area contributed by atoms with Gasteiger partial charge < -0.3 is 15.0 Å². The van der Waals surface area contributed by atoms with Crippen molar-refractivity contribution in [3.8, 4) is 17.0 Å². The summed E-state index contributed by atoms with van der Waals surface area (Å²) in [7, 11) is 0. The zero-order valence-corrected chi connectivity index (χ0v) is 21.1. The maximum absolute atomic E-state index is 13.7. The van der Waals surface area contributed by atoms with Crippen LogP contribution in [0, 0.1) is 6.92 Å². The van der Waals surface area contributed by atoms with Crippen molar-refractivity contribution in [3.63, 3.8) is 0 Å². The highest BCUT2D eigenvalue weighted by Gasteiger charge is 2.26. The SMILES string of the molecule is C=Nc1cc(-c2nn(Cc3cc4cccc(C)c4c(=O)n3C3CCC3)c3ncnc(N)c23)ccc1OCN. The van der Waals surface area contributed by atoms with Gasteiger partial charge in [-0.2, -0.15) is 5.10 Å². The molecular formula is C28H28N8O2. The second-order valence-corrected chi connectivity index (χ2v) is 9.55. The van der Waals surface area contributed by atoms with E-state index in [0.717, 1.165) is 46.9 Å². The first kappa shape index (κ1) is 23.8. The number of hydrogen-bond acceptors (Lipinski definition) is 8. The summed E-state index contributed by atoms with van der Waals surface area (Å²) in [4.78, 5) is 26.6. The van der Waals surface area contributed by atoms with Crippen molar-refractivity contribution in [2.75, 3.05) is 12.5 Å². The molecule has 0 spiro atoms. The highest BCUT2D eigenvalue weighted by Crippen LogP contribution is 2.37. The Morgan fingerprint density at radius 3 is 2.74 bits per heavy atom. The summed E-state index contributed by atoms with van der Waals surface area (Å²) in [5.41, 5.74) is 16.3. The number of nitrogens with zero attached hydrogens (tertiary/aromatic N) is 6. The van der Waals surface area contributed by atoms with Gasteiger partial charge in [-0.1, -0.05) is 18.2 Å². The fourth-order valence-corrected chi connectivity index (χ4v) is 5.27. The third-order valence-electron chi connectivity index (χ3n) is 7.32. The average molecular weight is 509 g/mol. The Kier molecular flexibility index (Phi) is 5.88. The Hall–Kier alpha value is -4.57. The summed E-state index contributed by atoms with van der Waals surface area (Å²) < 4.78 is 9.20. The molecule has 1 saturated carbocycles. The number of hydrogen-bond donors (Lipinski definition) is 2. The number of anilines is 1. The molecule has 0 saturated heterocycles. The van der Waals surface area contributed by atoms with Gasteiger partial charge in [0.05, 0.1) is 17.3 Å². The number of aryl methyl sites for hydroxylation is 1. The molecule has 0 unspecified atom stereocenters. The van der Waals surface area contributed by atoms with E-state index in [0.29, 0.717) is 40.5 Å². The number of ether oxygens (including phenoxy) is 1. The summed E-state index contributed by atoms with van der Waals surface area (Å²) >= 11 is 0. The van der Waals surface area contributed by atoms with E-state index in [-0.39, 0.29) is 18.3 Å². The van der Waals surface area contributed by atoms with E-state index in [1.807, 2.05) is 41.8 Å². The number of benzene rings is 2. The van der Waals surface area contributed by atoms with Crippen molar-refractivity contribution in [1.82, 2.24) is 24.3 Å². The van der Waals surface area contributed by atoms with Crippen molar-refractivity contribution in [2.24, 2.45) is 10.7 Å². The largest absolute Gasteiger partial charge is 0.476 e. The van der Waals surface area contributed by atoms with Crippen LogP contribution in [0.25, 0.3) is 33.1 Å². The average Bonchev–Trinajstić information content (AvgIpc) is 3.25. The minimum atomic E-state index is 0.0220. The van der Waals surface area contributed by atoms with Crippen LogP contribution < -0.4 is 21.8 Å². The lowest BCUT2D eigenvalue weighted by atomic mass is 9.91. The molecule has 192 valence electrons. The predicted molar refractivity (Wildman–Crippen MR) is 149 cm³/mol. The quantitative estimate of drug-likeness (QED) is 0.249. The molecule has 0 amide bonds. The molecule has 0 bridgehead atoms. The highest BCUT2D eigenvalue weighted by atomic mass is 16.5. The van der Waals surface area contributed by atoms with Gasteiger partial charge in [0.2, 0.25) is 0 Å². The van der Waals surface area contributed by atoms with Gasteiger partial charge in [-0.05, 0) is 68.1 Å². The zero-order chi connectivity index (χ0) is 26.4. The van der Waals surface area contributed by atoms with E-state index in [9.17, 15) is 4.79 Å². The van der Waals surface area contributed by atoms with Crippen LogP contribution in [0.4, 0.5) is 11.5 Å². The Morgan fingerprint density at radius 2 is 2.00 bits per heavy atom. The normalized spacial score (nSPS) is 13.6. The molecule has 1 aliphatic carbocycles. The Bertz CT molecular complexity index is 1770. The van der Waals surface area contributed by atoms with E-state index in [4.69, 9.17) is 21.3 Å². The number of nitrogen functional groups attached to an aromatic ring is 1. The number of aliphatic imine (C=N–C) groups is 1. The Labute approximate surface area is 218 Å². The van der Waals surface area contributed by atoms with E-state index < -0.39 is 0 Å². The number of fused-ring (bicyclic) bond motifs is 2. The first-order valence-corrected chi connectivity index (χ1v) is 12.5. The first-order chi connectivity index (χ1) is 18.5. The number of rotatable bonds is 7. The monoisotopic (exact) mass is 508 g/mol. The fourth-order valence-electron chi connectivity index (χ4n) is 5.27. The molecule has 1 aliphatic rings. The molecule has 6 rings (SSSR count). The molecule has 5 aromatic rings. The second kappa shape index (κ2) is 9.38. The lowest BCUT2D eigenvalue weighted by molar-refractivity contribution is 0.298. The third-order valence-corrected chi connectivity index (χ3v) is 7.32. The molecule has 4 N–H and O–H groups in total. The number of pyridine rings is 1. The summed E-state index contributed by atoms with van der Waals surface area (Å²) in [6.45, 7) is 6.01. The van der Waals surface area contributed by atoms with Crippen LogP contribution in [-0.2, 0) is 6.54 Å². The van der Waals surface area contributed by atoms with Gasteiger partial charge >= 0.3 is 0 Å². The van der Waals surface area contributed by atoms with Crippen molar-refractivity contribution in [2.45, 2.75) is 38.8 Å². The van der Waals surface area contributed by atoms with Crippen LogP contribution in [0.15, 0.2) is 58.6 Å². The smallest absolute Gasteiger partial charge is 0.259 e. The molecule has 0 aliphatic heterocycles. The minimum absolute atomic E-state index is 0.0220. The van der Waals surface area contributed by atoms with E-state index >= 15 is 0 Å². The van der Waals surface area contributed by atoms with Gasteiger partial charge in [0, 0.05) is 17.3 Å². The molecule has 3 heterocycles. The second-order valence-electron chi connectivity index (χ2n) is 9.55. The van der Waals surface area contributed by atoms with E-state index in [1.165, 1.54) is 6.33 Å². The highest BCUT2D eigenvalue weighted by molar-refractivity contribution is 5.98. The predicted octanol–water partition coefficient (Wildman–Crippen LogP) is 4.10. The van der Waals surface area contributed by atoms with Gasteiger partial charge in [0.25, 0.3) is 5.56 Å². The van der Waals surface area contributed by atoms with E-state index in [2.05, 4.69) is 27.7 Å². The molecule has 0 radical (unpaired) electrons. The first-order valence-electron chi connectivity index (χ1n) is 12.5. The maximum Gasteiger partial charge on any atom is 0.259 e. The summed E-state index contributed by atoms with van der Waals surface area (Å²) in [5, 5.41) is 7.25. The van der Waals surface area contributed by atoms with Crippen molar-refractivity contribution in [1.29, 1.82) is 0 Å². The summed E-state index contributed by atoms with van der Waals surface area (Å²) in [6, 6.07) is 13.7. The van der Waals surface area contributed by atoms with Gasteiger partial charge in [0.15, 0.2) is 5.65 Å². The van der Waals surface area contributed by atoms with Crippen LogP contribution in [0.5, 0.6) is 5.75 Å². The van der Waals surface area contributed by atoms with Crippen molar-refractivity contribution < 1.29 is 4.74 Å². The Morgan fingerprint density at radius 1 is 1.16 bits per heavy atom. The standard InChI is InChI=1S/C28H28N8O2/c1-16-5-3-6-17-11-20(36(19-7-4-8-19)28(37)23(16)17)13-35-27-24(26(30)32-15-33-27)25(34-35)18-9-10-22(38-14-29)21(12-18)31-2/h3,5-6,9-12,15,19H,2,4,7-8,13-14,29H2,1H3,(H2,30,32,33). The van der Waals surface area contributed by atoms with Crippen molar-refractivity contribution in [3.05, 3.63) is 70.4 Å². The van der Waals surface area contributed by atoms with Gasteiger partial charge in [-0.25, -0.2) is 14.6 Å². The van der Waals surface area contributed by atoms with Crippen LogP contribution in [0.3, 0.4) is 0 Å². The third kappa shape index (κ3) is 3.81. The lowest BCUT2D eigenvalue weighted by Crippen LogP contribution is -2.32. The minimum Gasteiger partial charge on any atom is -0.476 e. The molecule has 10 nitrogen and oxygen atoms in total. The fraction of sp³-hybridized carbons (Fsp3) is 0.250. The molecule has 2 aromatic carbocycles. The molecule has 10 heteroatoms. The van der Waals surface area contributed by atoms with Crippen LogP contribution in [0.2, 0.25) is 0 Å². The molecular weight excluding hydrogens is 480 g/mol. The molecule has 1 fully saturated rings. The van der Waals surface area contributed by atoms with Crippen LogP contribution in [0.1, 0.15) is 36.6 Å². The Balaban J connectivity index is 1.53.